The van der Waals surface area contributed by atoms with Crippen LogP contribution in [0.4, 0.5) is 0 Å². The molecule has 0 saturated carbocycles. The van der Waals surface area contributed by atoms with E-state index in [9.17, 15) is 0 Å². The first-order valence-corrected chi connectivity index (χ1v) is 6.69. The Hall–Kier alpha value is -2.54. The standard InChI is InChI=1S/C19H16O/c1-14-9-10-16-6-2-3-8-18(16)19(14)17-7-4-5-15(13-17)11-12-20/h2-13,20H,1H3/b12-11+. The van der Waals surface area contributed by atoms with Crippen LogP contribution in [0.1, 0.15) is 11.1 Å². The Morgan fingerprint density at radius 2 is 1.75 bits per heavy atom. The van der Waals surface area contributed by atoms with Crippen molar-refractivity contribution in [1.29, 1.82) is 0 Å². The van der Waals surface area contributed by atoms with Crippen molar-refractivity contribution in [2.75, 3.05) is 0 Å². The van der Waals surface area contributed by atoms with E-state index in [1.807, 2.05) is 12.1 Å². The smallest absolute Gasteiger partial charge is 0.0797 e. The molecule has 1 N–H and O–H groups in total. The van der Waals surface area contributed by atoms with E-state index in [1.54, 1.807) is 6.08 Å². The summed E-state index contributed by atoms with van der Waals surface area (Å²) in [6, 6.07) is 21.0. The Labute approximate surface area is 118 Å². The van der Waals surface area contributed by atoms with Crippen molar-refractivity contribution in [3.63, 3.8) is 0 Å². The van der Waals surface area contributed by atoms with Gasteiger partial charge >= 0.3 is 0 Å². The largest absolute Gasteiger partial charge is 0.516 e. The number of aliphatic hydroxyl groups excluding tert-OH is 1. The fourth-order valence-corrected chi connectivity index (χ4v) is 2.65. The van der Waals surface area contributed by atoms with Gasteiger partial charge in [0.15, 0.2) is 0 Å². The summed E-state index contributed by atoms with van der Waals surface area (Å²) < 4.78 is 0. The predicted octanol–water partition coefficient (Wildman–Crippen LogP) is 5.34. The fraction of sp³-hybridized carbons (Fsp3) is 0.0526. The maximum atomic E-state index is 8.93. The zero-order chi connectivity index (χ0) is 13.9. The van der Waals surface area contributed by atoms with Crippen molar-refractivity contribution >= 4 is 16.8 Å². The minimum Gasteiger partial charge on any atom is -0.516 e. The van der Waals surface area contributed by atoms with Crippen LogP contribution in [0.3, 0.4) is 0 Å². The molecule has 0 unspecified atom stereocenters. The minimum absolute atomic E-state index is 0.998. The van der Waals surface area contributed by atoms with Crippen LogP contribution in [0, 0.1) is 6.92 Å². The molecule has 0 aromatic heterocycles. The number of aliphatic hydroxyl groups is 1. The van der Waals surface area contributed by atoms with Gasteiger partial charge in [-0.15, -0.1) is 0 Å². The van der Waals surface area contributed by atoms with E-state index in [4.69, 9.17) is 5.11 Å². The molecule has 0 fully saturated rings. The minimum atomic E-state index is 0.998. The fourth-order valence-electron chi connectivity index (χ4n) is 2.65. The van der Waals surface area contributed by atoms with Crippen molar-refractivity contribution in [1.82, 2.24) is 0 Å². The summed E-state index contributed by atoms with van der Waals surface area (Å²) >= 11 is 0. The van der Waals surface area contributed by atoms with E-state index in [0.29, 0.717) is 0 Å². The van der Waals surface area contributed by atoms with Gasteiger partial charge in [0.05, 0.1) is 6.26 Å². The van der Waals surface area contributed by atoms with Crippen molar-refractivity contribution in [3.8, 4) is 11.1 Å². The molecule has 0 saturated heterocycles. The highest BCUT2D eigenvalue weighted by Crippen LogP contribution is 2.32. The van der Waals surface area contributed by atoms with Crippen molar-refractivity contribution in [3.05, 3.63) is 78.1 Å². The van der Waals surface area contributed by atoms with E-state index in [1.165, 1.54) is 27.5 Å². The van der Waals surface area contributed by atoms with Crippen LogP contribution < -0.4 is 0 Å². The van der Waals surface area contributed by atoms with Gasteiger partial charge < -0.3 is 5.11 Å². The molecule has 3 rings (SSSR count). The molecule has 0 radical (unpaired) electrons. The van der Waals surface area contributed by atoms with E-state index >= 15 is 0 Å². The first-order chi connectivity index (χ1) is 9.79. The maximum absolute atomic E-state index is 8.93. The SMILES string of the molecule is Cc1ccc2ccccc2c1-c1cccc(/C=C/O)c1. The summed E-state index contributed by atoms with van der Waals surface area (Å²) in [6.07, 6.45) is 2.78. The molecule has 1 heteroatoms. The van der Waals surface area contributed by atoms with Crippen molar-refractivity contribution < 1.29 is 5.11 Å². The van der Waals surface area contributed by atoms with Crippen LogP contribution in [0.2, 0.25) is 0 Å². The Morgan fingerprint density at radius 1 is 0.900 bits per heavy atom. The lowest BCUT2D eigenvalue weighted by atomic mass is 9.93. The average Bonchev–Trinajstić information content (AvgIpc) is 2.48. The average molecular weight is 260 g/mol. The predicted molar refractivity (Wildman–Crippen MR) is 85.8 cm³/mol. The maximum Gasteiger partial charge on any atom is 0.0797 e. The number of benzene rings is 3. The summed E-state index contributed by atoms with van der Waals surface area (Å²) in [7, 11) is 0. The van der Waals surface area contributed by atoms with Crippen molar-refractivity contribution in [2.45, 2.75) is 6.92 Å². The molecule has 0 amide bonds. The van der Waals surface area contributed by atoms with Gasteiger partial charge in [-0.1, -0.05) is 54.6 Å². The van der Waals surface area contributed by atoms with Crippen LogP contribution >= 0.6 is 0 Å². The number of aryl methyl sites for hydroxylation is 1. The summed E-state index contributed by atoms with van der Waals surface area (Å²) in [6.45, 7) is 2.14. The van der Waals surface area contributed by atoms with Crippen LogP contribution in [-0.4, -0.2) is 5.11 Å². The van der Waals surface area contributed by atoms with Gasteiger partial charge in [0.1, 0.15) is 0 Å². The Morgan fingerprint density at radius 3 is 2.60 bits per heavy atom. The van der Waals surface area contributed by atoms with Crippen LogP contribution in [-0.2, 0) is 0 Å². The molecule has 1 nitrogen and oxygen atoms in total. The van der Waals surface area contributed by atoms with E-state index < -0.39 is 0 Å². The molecule has 0 aliphatic rings. The molecule has 3 aromatic carbocycles. The highest BCUT2D eigenvalue weighted by molar-refractivity contribution is 5.98. The lowest BCUT2D eigenvalue weighted by Crippen LogP contribution is -1.87. The number of rotatable bonds is 2. The second-order valence-electron chi connectivity index (χ2n) is 4.92. The molecule has 0 aliphatic heterocycles. The molecule has 0 heterocycles. The lowest BCUT2D eigenvalue weighted by molar-refractivity contribution is 0.478. The first-order valence-electron chi connectivity index (χ1n) is 6.69. The van der Waals surface area contributed by atoms with Gasteiger partial charge in [0.2, 0.25) is 0 Å². The zero-order valence-corrected chi connectivity index (χ0v) is 11.4. The number of hydrogen-bond donors (Lipinski definition) is 1. The monoisotopic (exact) mass is 260 g/mol. The normalized spacial score (nSPS) is 11.2. The van der Waals surface area contributed by atoms with Gasteiger partial charge in [-0.3, -0.25) is 0 Å². The third-order valence-electron chi connectivity index (χ3n) is 3.58. The molecular weight excluding hydrogens is 244 g/mol. The molecule has 3 aromatic rings. The van der Waals surface area contributed by atoms with Crippen molar-refractivity contribution in [2.24, 2.45) is 0 Å². The molecule has 0 atom stereocenters. The zero-order valence-electron chi connectivity index (χ0n) is 11.4. The van der Waals surface area contributed by atoms with Gasteiger partial charge in [-0.05, 0) is 52.1 Å². The second kappa shape index (κ2) is 5.22. The Balaban J connectivity index is 2.28. The highest BCUT2D eigenvalue weighted by Gasteiger charge is 2.07. The second-order valence-corrected chi connectivity index (χ2v) is 4.92. The Kier molecular flexibility index (Phi) is 3.26. The van der Waals surface area contributed by atoms with Crippen LogP contribution in [0.15, 0.2) is 66.9 Å². The molecule has 98 valence electrons. The highest BCUT2D eigenvalue weighted by atomic mass is 16.2. The Bertz CT molecular complexity index is 785. The van der Waals surface area contributed by atoms with E-state index in [2.05, 4.69) is 55.5 Å². The third kappa shape index (κ3) is 2.19. The van der Waals surface area contributed by atoms with Crippen LogP contribution in [0.25, 0.3) is 28.0 Å². The topological polar surface area (TPSA) is 20.2 Å². The summed E-state index contributed by atoms with van der Waals surface area (Å²) in [4.78, 5) is 0. The number of fused-ring (bicyclic) bond motifs is 1. The first kappa shape index (κ1) is 12.5. The molecule has 0 aliphatic carbocycles. The summed E-state index contributed by atoms with van der Waals surface area (Å²) in [5, 5.41) is 11.4. The van der Waals surface area contributed by atoms with Crippen LogP contribution in [0.5, 0.6) is 0 Å². The van der Waals surface area contributed by atoms with E-state index in [0.717, 1.165) is 11.8 Å². The van der Waals surface area contributed by atoms with Gasteiger partial charge in [-0.25, -0.2) is 0 Å². The molecule has 0 bridgehead atoms. The van der Waals surface area contributed by atoms with Gasteiger partial charge in [-0.2, -0.15) is 0 Å². The number of hydrogen-bond acceptors (Lipinski definition) is 1. The summed E-state index contributed by atoms with van der Waals surface area (Å²) in [5.41, 5.74) is 4.69. The molecule has 20 heavy (non-hydrogen) atoms. The summed E-state index contributed by atoms with van der Waals surface area (Å²) in [5.74, 6) is 0. The molecule has 0 spiro atoms. The van der Waals surface area contributed by atoms with Gasteiger partial charge in [0.25, 0.3) is 0 Å². The molecular formula is C19H16O. The van der Waals surface area contributed by atoms with E-state index in [-0.39, 0.29) is 0 Å². The third-order valence-corrected chi connectivity index (χ3v) is 3.58. The quantitative estimate of drug-likeness (QED) is 0.616. The lowest BCUT2D eigenvalue weighted by Gasteiger charge is -2.11. The van der Waals surface area contributed by atoms with Gasteiger partial charge in [0, 0.05) is 0 Å².